The number of rotatable bonds is 9. The first-order chi connectivity index (χ1) is 15.0. The molecular weight excluding hydrogens is 437 g/mol. The van der Waals surface area contributed by atoms with Crippen LogP contribution in [0.15, 0.2) is 48.2 Å². The van der Waals surface area contributed by atoms with E-state index >= 15 is 0 Å². The van der Waals surface area contributed by atoms with Gasteiger partial charge in [0, 0.05) is 6.20 Å². The molecule has 0 unspecified atom stereocenters. The fourth-order valence-electron chi connectivity index (χ4n) is 2.90. The van der Waals surface area contributed by atoms with E-state index in [0.717, 1.165) is 24.8 Å². The molecular formula is C23H21Cl2N3O3. The molecule has 3 aromatic rings. The lowest BCUT2D eigenvalue weighted by atomic mass is 10.2. The van der Waals surface area contributed by atoms with E-state index in [0.29, 0.717) is 28.0 Å². The van der Waals surface area contributed by atoms with E-state index in [1.165, 1.54) is 6.08 Å². The lowest BCUT2D eigenvalue weighted by Gasteiger charge is -2.06. The third-order valence-electron chi connectivity index (χ3n) is 4.47. The number of nitriles is 1. The highest BCUT2D eigenvalue weighted by Gasteiger charge is 2.19. The third kappa shape index (κ3) is 5.78. The van der Waals surface area contributed by atoms with Crippen molar-refractivity contribution in [2.45, 2.75) is 32.8 Å². The number of carbonyl (C=O) groups is 1. The summed E-state index contributed by atoms with van der Waals surface area (Å²) < 4.78 is 12.7. The van der Waals surface area contributed by atoms with Gasteiger partial charge in [-0.1, -0.05) is 73.3 Å². The normalized spacial score (nSPS) is 11.4. The van der Waals surface area contributed by atoms with Crippen LogP contribution in [0.3, 0.4) is 0 Å². The number of unbranched alkanes of at least 4 members (excludes halogenated alkanes) is 2. The molecule has 0 saturated heterocycles. The van der Waals surface area contributed by atoms with Crippen LogP contribution in [0.2, 0.25) is 10.0 Å². The molecule has 0 amide bonds. The van der Waals surface area contributed by atoms with Gasteiger partial charge >= 0.3 is 5.97 Å². The predicted molar refractivity (Wildman–Crippen MR) is 120 cm³/mol. The summed E-state index contributed by atoms with van der Waals surface area (Å²) in [6, 6.07) is 12.7. The molecule has 1 aromatic carbocycles. The number of fused-ring (bicyclic) bond motifs is 1. The smallest absolute Gasteiger partial charge is 0.349 e. The molecule has 0 radical (unpaired) electrons. The first kappa shape index (κ1) is 22.7. The Labute approximate surface area is 190 Å². The molecule has 0 spiro atoms. The summed E-state index contributed by atoms with van der Waals surface area (Å²) in [4.78, 5) is 17.0. The molecule has 0 bridgehead atoms. The zero-order chi connectivity index (χ0) is 22.2. The van der Waals surface area contributed by atoms with Crippen molar-refractivity contribution in [1.29, 1.82) is 5.26 Å². The van der Waals surface area contributed by atoms with Crippen molar-refractivity contribution < 1.29 is 14.3 Å². The van der Waals surface area contributed by atoms with E-state index < -0.39 is 5.97 Å². The van der Waals surface area contributed by atoms with Gasteiger partial charge in [0.1, 0.15) is 23.9 Å². The molecule has 0 aliphatic carbocycles. The van der Waals surface area contributed by atoms with Crippen molar-refractivity contribution >= 4 is 40.9 Å². The maximum atomic E-state index is 12.5. The minimum Gasteiger partial charge on any atom is -0.476 e. The van der Waals surface area contributed by atoms with Gasteiger partial charge in [0.05, 0.1) is 16.7 Å². The Kier molecular flexibility index (Phi) is 7.94. The quantitative estimate of drug-likeness (QED) is 0.174. The summed E-state index contributed by atoms with van der Waals surface area (Å²) >= 11 is 12.4. The van der Waals surface area contributed by atoms with Crippen LogP contribution in [-0.2, 0) is 16.1 Å². The Morgan fingerprint density at radius 3 is 2.74 bits per heavy atom. The summed E-state index contributed by atoms with van der Waals surface area (Å²) in [5.41, 5.74) is 1.44. The summed E-state index contributed by atoms with van der Waals surface area (Å²) in [7, 11) is 0. The number of aromatic nitrogens is 2. The van der Waals surface area contributed by atoms with Gasteiger partial charge in [0.15, 0.2) is 5.65 Å². The summed E-state index contributed by atoms with van der Waals surface area (Å²) in [6.45, 7) is 2.61. The number of esters is 1. The molecule has 3 rings (SSSR count). The number of nitrogens with zero attached hydrogens (tertiary/aromatic N) is 3. The highest BCUT2D eigenvalue weighted by molar-refractivity contribution is 6.36. The van der Waals surface area contributed by atoms with E-state index in [4.69, 9.17) is 32.7 Å². The van der Waals surface area contributed by atoms with Crippen molar-refractivity contribution in [3.8, 4) is 11.9 Å². The number of pyridine rings is 1. The van der Waals surface area contributed by atoms with E-state index in [9.17, 15) is 10.1 Å². The standard InChI is InChI=1S/C23H21Cl2N3O3/c1-2-3-7-10-30-22-20(28-14-18(24)12-19(25)21(28)27-22)11-17(13-26)23(29)31-15-16-8-5-4-6-9-16/h4-6,8-9,11-12,14H,2-3,7,10,15H2,1H3. The molecule has 0 atom stereocenters. The Morgan fingerprint density at radius 1 is 1.26 bits per heavy atom. The summed E-state index contributed by atoms with van der Waals surface area (Å²) in [5.74, 6) is -0.477. The first-order valence-corrected chi connectivity index (χ1v) is 10.6. The number of hydrogen-bond donors (Lipinski definition) is 0. The molecule has 0 aliphatic heterocycles. The summed E-state index contributed by atoms with van der Waals surface area (Å²) in [6.07, 6.45) is 5.90. The van der Waals surface area contributed by atoms with Crippen molar-refractivity contribution in [3.63, 3.8) is 0 Å². The Balaban J connectivity index is 1.92. The minimum atomic E-state index is -0.744. The van der Waals surface area contributed by atoms with Crippen molar-refractivity contribution in [2.24, 2.45) is 0 Å². The Bertz CT molecular complexity index is 1130. The van der Waals surface area contributed by atoms with Crippen LogP contribution in [0.4, 0.5) is 0 Å². The fraction of sp³-hybridized carbons (Fsp3) is 0.261. The zero-order valence-electron chi connectivity index (χ0n) is 17.0. The van der Waals surface area contributed by atoms with Crippen LogP contribution in [0, 0.1) is 11.3 Å². The van der Waals surface area contributed by atoms with Crippen LogP contribution in [0.1, 0.15) is 37.4 Å². The molecule has 2 heterocycles. The average Bonchev–Trinajstić information content (AvgIpc) is 3.11. The largest absolute Gasteiger partial charge is 0.476 e. The predicted octanol–water partition coefficient (Wildman–Crippen LogP) is 5.86. The van der Waals surface area contributed by atoms with Gasteiger partial charge < -0.3 is 9.47 Å². The number of halogens is 2. The van der Waals surface area contributed by atoms with Gasteiger partial charge in [-0.15, -0.1) is 0 Å². The number of imidazole rings is 1. The van der Waals surface area contributed by atoms with Gasteiger partial charge in [0.2, 0.25) is 5.88 Å². The van der Waals surface area contributed by atoms with Crippen LogP contribution in [0.5, 0.6) is 5.88 Å². The Morgan fingerprint density at radius 2 is 2.03 bits per heavy atom. The van der Waals surface area contributed by atoms with Crippen LogP contribution >= 0.6 is 23.2 Å². The molecule has 0 aliphatic rings. The molecule has 8 heteroatoms. The van der Waals surface area contributed by atoms with E-state index in [1.807, 2.05) is 36.4 Å². The maximum Gasteiger partial charge on any atom is 0.349 e. The summed E-state index contributed by atoms with van der Waals surface area (Å²) in [5, 5.41) is 10.3. The molecule has 0 saturated carbocycles. The number of ether oxygens (including phenoxy) is 2. The molecule has 6 nitrogen and oxygen atoms in total. The minimum absolute atomic E-state index is 0.0594. The highest BCUT2D eigenvalue weighted by atomic mass is 35.5. The number of benzene rings is 1. The van der Waals surface area contributed by atoms with E-state index in [-0.39, 0.29) is 18.1 Å². The SMILES string of the molecule is CCCCCOc1nc2c(Cl)cc(Cl)cn2c1C=C(C#N)C(=O)OCc1ccccc1. The second-order valence-electron chi connectivity index (χ2n) is 6.79. The molecule has 2 aromatic heterocycles. The zero-order valence-corrected chi connectivity index (χ0v) is 18.5. The van der Waals surface area contributed by atoms with Gasteiger partial charge in [-0.3, -0.25) is 4.40 Å². The van der Waals surface area contributed by atoms with Crippen molar-refractivity contribution in [1.82, 2.24) is 9.38 Å². The third-order valence-corrected chi connectivity index (χ3v) is 4.95. The molecule has 0 fully saturated rings. The van der Waals surface area contributed by atoms with Crippen LogP contribution < -0.4 is 4.74 Å². The first-order valence-electron chi connectivity index (χ1n) is 9.86. The highest BCUT2D eigenvalue weighted by Crippen LogP contribution is 2.29. The van der Waals surface area contributed by atoms with Crippen LogP contribution in [-0.4, -0.2) is 22.0 Å². The van der Waals surface area contributed by atoms with Gasteiger partial charge in [-0.2, -0.15) is 10.2 Å². The van der Waals surface area contributed by atoms with Gasteiger partial charge in [0.25, 0.3) is 0 Å². The topological polar surface area (TPSA) is 76.6 Å². The number of carbonyl (C=O) groups excluding carboxylic acids is 1. The lowest BCUT2D eigenvalue weighted by molar-refractivity contribution is -0.139. The van der Waals surface area contributed by atoms with Crippen LogP contribution in [0.25, 0.3) is 11.7 Å². The number of hydrogen-bond acceptors (Lipinski definition) is 5. The molecule has 160 valence electrons. The second kappa shape index (κ2) is 10.9. The fourth-order valence-corrected chi connectivity index (χ4v) is 3.42. The molecule has 31 heavy (non-hydrogen) atoms. The monoisotopic (exact) mass is 457 g/mol. The van der Waals surface area contributed by atoms with Gasteiger partial charge in [-0.05, 0) is 24.1 Å². The molecule has 0 N–H and O–H groups in total. The van der Waals surface area contributed by atoms with Crippen molar-refractivity contribution in [2.75, 3.05) is 6.61 Å². The van der Waals surface area contributed by atoms with Gasteiger partial charge in [-0.25, -0.2) is 4.79 Å². The maximum absolute atomic E-state index is 12.5. The second-order valence-corrected chi connectivity index (χ2v) is 7.63. The van der Waals surface area contributed by atoms with E-state index in [1.54, 1.807) is 16.7 Å². The van der Waals surface area contributed by atoms with E-state index in [2.05, 4.69) is 11.9 Å². The lowest BCUT2D eigenvalue weighted by Crippen LogP contribution is -2.07. The Hall–Kier alpha value is -3.01. The average molecular weight is 458 g/mol. The van der Waals surface area contributed by atoms with Crippen molar-refractivity contribution in [3.05, 3.63) is 69.5 Å².